The Morgan fingerprint density at radius 2 is 1.70 bits per heavy atom. The molecule has 0 fully saturated rings. The van der Waals surface area contributed by atoms with Crippen LogP contribution in [0.2, 0.25) is 0 Å². The minimum Gasteiger partial charge on any atom is -0.316 e. The predicted molar refractivity (Wildman–Crippen MR) is 80.8 cm³/mol. The van der Waals surface area contributed by atoms with Crippen molar-refractivity contribution in [3.05, 3.63) is 69.7 Å². The Labute approximate surface area is 126 Å². The summed E-state index contributed by atoms with van der Waals surface area (Å²) < 4.78 is 28.4. The highest BCUT2D eigenvalue weighted by Crippen LogP contribution is 2.17. The highest BCUT2D eigenvalue weighted by molar-refractivity contribution is 9.10. The van der Waals surface area contributed by atoms with Crippen LogP contribution in [0.5, 0.6) is 0 Å². The zero-order chi connectivity index (χ0) is 14.5. The molecule has 0 aliphatic carbocycles. The molecule has 2 aromatic carbocycles. The summed E-state index contributed by atoms with van der Waals surface area (Å²) in [5.74, 6) is -0.973. The lowest BCUT2D eigenvalue weighted by molar-refractivity contribution is 0.502. The third-order valence-corrected chi connectivity index (χ3v) is 3.78. The normalized spacial score (nSPS) is 12.4. The number of benzene rings is 2. The van der Waals surface area contributed by atoms with Crippen molar-refractivity contribution in [2.75, 3.05) is 7.05 Å². The molecule has 0 saturated carbocycles. The minimum atomic E-state index is -0.487. The predicted octanol–water partition coefficient (Wildman–Crippen LogP) is 4.10. The van der Waals surface area contributed by atoms with E-state index in [0.717, 1.165) is 10.0 Å². The summed E-state index contributed by atoms with van der Waals surface area (Å²) in [6, 6.07) is 11.9. The van der Waals surface area contributed by atoms with E-state index in [1.807, 2.05) is 24.3 Å². The van der Waals surface area contributed by atoms with Crippen LogP contribution in [0.25, 0.3) is 0 Å². The lowest BCUT2D eigenvalue weighted by Gasteiger charge is -2.17. The third-order valence-electron chi connectivity index (χ3n) is 3.29. The average Bonchev–Trinajstić information content (AvgIpc) is 2.42. The van der Waals surface area contributed by atoms with E-state index < -0.39 is 11.6 Å². The summed E-state index contributed by atoms with van der Waals surface area (Å²) in [4.78, 5) is 0. The molecule has 0 radical (unpaired) electrons. The van der Waals surface area contributed by atoms with Gasteiger partial charge < -0.3 is 5.32 Å². The zero-order valence-corrected chi connectivity index (χ0v) is 12.8. The van der Waals surface area contributed by atoms with Crippen molar-refractivity contribution >= 4 is 15.9 Å². The number of halogens is 3. The Morgan fingerprint density at radius 3 is 2.30 bits per heavy atom. The van der Waals surface area contributed by atoms with Gasteiger partial charge in [-0.05, 0) is 49.7 Å². The molecule has 1 nitrogen and oxygen atoms in total. The first-order valence-corrected chi connectivity index (χ1v) is 7.24. The Morgan fingerprint density at radius 1 is 1.05 bits per heavy atom. The molecule has 0 aromatic heterocycles. The van der Waals surface area contributed by atoms with Crippen molar-refractivity contribution in [1.29, 1.82) is 0 Å². The monoisotopic (exact) mass is 339 g/mol. The Bertz CT molecular complexity index is 566. The van der Waals surface area contributed by atoms with Crippen LogP contribution in [-0.2, 0) is 12.8 Å². The van der Waals surface area contributed by atoms with Crippen LogP contribution >= 0.6 is 15.9 Å². The largest absolute Gasteiger partial charge is 0.316 e. The second-order valence-corrected chi connectivity index (χ2v) is 5.64. The number of hydrogen-bond acceptors (Lipinski definition) is 1. The quantitative estimate of drug-likeness (QED) is 0.864. The first-order valence-electron chi connectivity index (χ1n) is 6.44. The lowest BCUT2D eigenvalue weighted by Crippen LogP contribution is -2.30. The molecule has 0 aliphatic heterocycles. The molecule has 4 heteroatoms. The van der Waals surface area contributed by atoms with Crippen LogP contribution in [-0.4, -0.2) is 13.1 Å². The number of likely N-dealkylation sites (N-methyl/N-ethyl adjacent to an activating group) is 1. The SMILES string of the molecule is CNC(Cc1cccc(Br)c1)Cc1c(F)cccc1F. The van der Waals surface area contributed by atoms with Crippen LogP contribution in [0.1, 0.15) is 11.1 Å². The summed E-state index contributed by atoms with van der Waals surface area (Å²) in [5, 5.41) is 3.12. The van der Waals surface area contributed by atoms with Crippen molar-refractivity contribution in [2.24, 2.45) is 0 Å². The smallest absolute Gasteiger partial charge is 0.129 e. The van der Waals surface area contributed by atoms with Crippen molar-refractivity contribution < 1.29 is 8.78 Å². The summed E-state index contributed by atoms with van der Waals surface area (Å²) in [6.45, 7) is 0. The molecular formula is C16H16BrF2N. The van der Waals surface area contributed by atoms with Crippen molar-refractivity contribution in [1.82, 2.24) is 5.32 Å². The molecule has 0 saturated heterocycles. The van der Waals surface area contributed by atoms with E-state index in [1.165, 1.54) is 18.2 Å². The summed E-state index contributed by atoms with van der Waals surface area (Å²) >= 11 is 3.42. The van der Waals surface area contributed by atoms with Gasteiger partial charge in [0, 0.05) is 16.1 Å². The number of rotatable bonds is 5. The van der Waals surface area contributed by atoms with E-state index in [1.54, 1.807) is 7.05 Å². The molecule has 0 spiro atoms. The second-order valence-electron chi connectivity index (χ2n) is 4.72. The first-order chi connectivity index (χ1) is 9.60. The van der Waals surface area contributed by atoms with Crippen molar-refractivity contribution in [3.63, 3.8) is 0 Å². The molecule has 2 aromatic rings. The van der Waals surface area contributed by atoms with Crippen LogP contribution in [0.4, 0.5) is 8.78 Å². The molecule has 0 bridgehead atoms. The van der Waals surface area contributed by atoms with Crippen LogP contribution in [0, 0.1) is 11.6 Å². The van der Waals surface area contributed by atoms with Crippen molar-refractivity contribution in [2.45, 2.75) is 18.9 Å². The molecule has 106 valence electrons. The van der Waals surface area contributed by atoms with Crippen LogP contribution < -0.4 is 5.32 Å². The standard InChI is InChI=1S/C16H16BrF2N/c1-20-13(9-11-4-2-5-12(17)8-11)10-14-15(18)6-3-7-16(14)19/h2-8,13,20H,9-10H2,1H3. The minimum absolute atomic E-state index is 0.0179. The Kier molecular flexibility index (Phi) is 5.26. The number of hydrogen-bond donors (Lipinski definition) is 1. The molecule has 0 aliphatic rings. The van der Waals surface area contributed by atoms with Gasteiger partial charge in [0.15, 0.2) is 0 Å². The second kappa shape index (κ2) is 6.95. The van der Waals surface area contributed by atoms with Gasteiger partial charge in [-0.3, -0.25) is 0 Å². The van der Waals surface area contributed by atoms with Gasteiger partial charge in [-0.1, -0.05) is 34.1 Å². The average molecular weight is 340 g/mol. The summed E-state index contributed by atoms with van der Waals surface area (Å²) in [5.41, 5.74) is 1.26. The van der Waals surface area contributed by atoms with Gasteiger partial charge in [0.2, 0.25) is 0 Å². The van der Waals surface area contributed by atoms with E-state index >= 15 is 0 Å². The molecule has 1 unspecified atom stereocenters. The highest BCUT2D eigenvalue weighted by Gasteiger charge is 2.15. The molecule has 1 atom stereocenters. The fourth-order valence-corrected chi connectivity index (χ4v) is 2.65. The molecule has 0 amide bonds. The van der Waals surface area contributed by atoms with Gasteiger partial charge in [-0.2, -0.15) is 0 Å². The van der Waals surface area contributed by atoms with Gasteiger partial charge in [0.25, 0.3) is 0 Å². The molecule has 0 heterocycles. The molecule has 20 heavy (non-hydrogen) atoms. The topological polar surface area (TPSA) is 12.0 Å². The molecule has 1 N–H and O–H groups in total. The first kappa shape index (κ1) is 15.1. The lowest BCUT2D eigenvalue weighted by atomic mass is 9.98. The summed E-state index contributed by atoms with van der Waals surface area (Å²) in [6.07, 6.45) is 1.03. The third kappa shape index (κ3) is 3.87. The Hall–Kier alpha value is -1.26. The van der Waals surface area contributed by atoms with E-state index in [4.69, 9.17) is 0 Å². The van der Waals surface area contributed by atoms with Crippen LogP contribution in [0.15, 0.2) is 46.9 Å². The maximum Gasteiger partial charge on any atom is 0.129 e. The maximum atomic E-state index is 13.7. The van der Waals surface area contributed by atoms with Gasteiger partial charge in [-0.15, -0.1) is 0 Å². The van der Waals surface area contributed by atoms with E-state index in [2.05, 4.69) is 21.2 Å². The fraction of sp³-hybridized carbons (Fsp3) is 0.250. The molecular weight excluding hydrogens is 324 g/mol. The van der Waals surface area contributed by atoms with Crippen molar-refractivity contribution in [3.8, 4) is 0 Å². The highest BCUT2D eigenvalue weighted by atomic mass is 79.9. The zero-order valence-electron chi connectivity index (χ0n) is 11.2. The Balaban J connectivity index is 2.13. The van der Waals surface area contributed by atoms with E-state index in [0.29, 0.717) is 12.8 Å². The van der Waals surface area contributed by atoms with Gasteiger partial charge >= 0.3 is 0 Å². The number of nitrogens with one attached hydrogen (secondary N) is 1. The summed E-state index contributed by atoms with van der Waals surface area (Å²) in [7, 11) is 1.81. The van der Waals surface area contributed by atoms with E-state index in [-0.39, 0.29) is 11.6 Å². The molecule has 2 rings (SSSR count). The fourth-order valence-electron chi connectivity index (χ4n) is 2.20. The van der Waals surface area contributed by atoms with E-state index in [9.17, 15) is 8.78 Å². The van der Waals surface area contributed by atoms with Crippen LogP contribution in [0.3, 0.4) is 0 Å². The maximum absolute atomic E-state index is 13.7. The van der Waals surface area contributed by atoms with Gasteiger partial charge in [0.05, 0.1) is 0 Å². The van der Waals surface area contributed by atoms with Gasteiger partial charge in [-0.25, -0.2) is 8.78 Å². The van der Waals surface area contributed by atoms with Gasteiger partial charge in [0.1, 0.15) is 11.6 Å².